The van der Waals surface area contributed by atoms with Crippen molar-refractivity contribution in [3.63, 3.8) is 0 Å². The monoisotopic (exact) mass is 154 g/mol. The summed E-state index contributed by atoms with van der Waals surface area (Å²) >= 11 is 0. The summed E-state index contributed by atoms with van der Waals surface area (Å²) in [5.41, 5.74) is 1.70. The fourth-order valence-electron chi connectivity index (χ4n) is 0.881. The zero-order valence-electron chi connectivity index (χ0n) is 6.37. The molecular formula is C11H6O. The minimum atomic E-state index is 0.466. The van der Waals surface area contributed by atoms with Gasteiger partial charge in [0.15, 0.2) is 6.29 Å². The molecule has 1 rings (SSSR count). The summed E-state index contributed by atoms with van der Waals surface area (Å²) in [4.78, 5) is 10.5. The van der Waals surface area contributed by atoms with Gasteiger partial charge in [0, 0.05) is 16.7 Å². The van der Waals surface area contributed by atoms with E-state index in [0.717, 1.165) is 0 Å². The summed E-state index contributed by atoms with van der Waals surface area (Å²) in [5.74, 6) is 4.82. The fourth-order valence-corrected chi connectivity index (χ4v) is 0.881. The first-order chi connectivity index (χ1) is 5.81. The van der Waals surface area contributed by atoms with E-state index in [1.54, 1.807) is 18.2 Å². The normalized spacial score (nSPS) is 8.17. The highest BCUT2D eigenvalue weighted by Gasteiger charge is 1.98. The third-order valence-corrected chi connectivity index (χ3v) is 1.50. The largest absolute Gasteiger partial charge is 0.298 e. The number of hydrogen-bond acceptors (Lipinski definition) is 1. The predicted molar refractivity (Wildman–Crippen MR) is 47.7 cm³/mol. The second kappa shape index (κ2) is 3.42. The van der Waals surface area contributed by atoms with Crippen LogP contribution in [0, 0.1) is 24.7 Å². The molecule has 0 spiro atoms. The van der Waals surface area contributed by atoms with E-state index >= 15 is 0 Å². The van der Waals surface area contributed by atoms with Gasteiger partial charge in [0.1, 0.15) is 0 Å². The average molecular weight is 154 g/mol. The topological polar surface area (TPSA) is 17.1 Å². The lowest BCUT2D eigenvalue weighted by atomic mass is 10.1. The summed E-state index contributed by atoms with van der Waals surface area (Å²) in [7, 11) is 0. The van der Waals surface area contributed by atoms with Gasteiger partial charge in [0.2, 0.25) is 0 Å². The van der Waals surface area contributed by atoms with E-state index in [-0.39, 0.29) is 0 Å². The van der Waals surface area contributed by atoms with Crippen LogP contribution >= 0.6 is 0 Å². The van der Waals surface area contributed by atoms with Crippen LogP contribution in [0.25, 0.3) is 0 Å². The van der Waals surface area contributed by atoms with Crippen molar-refractivity contribution in [2.24, 2.45) is 0 Å². The Morgan fingerprint density at radius 1 is 1.25 bits per heavy atom. The molecule has 0 unspecified atom stereocenters. The first kappa shape index (κ1) is 8.11. The molecule has 0 aliphatic rings. The summed E-state index contributed by atoms with van der Waals surface area (Å²) in [5, 5.41) is 0. The number of rotatable bonds is 1. The molecule has 1 aromatic carbocycles. The van der Waals surface area contributed by atoms with Crippen LogP contribution in [0.4, 0.5) is 0 Å². The molecule has 0 atom stereocenters. The van der Waals surface area contributed by atoms with Crippen LogP contribution in [0.5, 0.6) is 0 Å². The molecule has 0 heterocycles. The van der Waals surface area contributed by atoms with Gasteiger partial charge < -0.3 is 0 Å². The maximum atomic E-state index is 10.5. The fraction of sp³-hybridized carbons (Fsp3) is 0. The molecule has 0 bridgehead atoms. The maximum Gasteiger partial charge on any atom is 0.151 e. The number of hydrogen-bond donors (Lipinski definition) is 0. The summed E-state index contributed by atoms with van der Waals surface area (Å²) in [6, 6.07) is 4.98. The quantitative estimate of drug-likeness (QED) is 0.442. The Bertz CT molecular complexity index is 388. The lowest BCUT2D eigenvalue weighted by molar-refractivity contribution is 0.112. The molecule has 0 aromatic heterocycles. The summed E-state index contributed by atoms with van der Waals surface area (Å²) in [6.45, 7) is 0. The van der Waals surface area contributed by atoms with E-state index in [0.29, 0.717) is 23.0 Å². The van der Waals surface area contributed by atoms with Crippen molar-refractivity contribution in [3.8, 4) is 24.7 Å². The maximum absolute atomic E-state index is 10.5. The number of terminal acetylenes is 2. The molecule has 0 aliphatic carbocycles. The Morgan fingerprint density at radius 2 is 2.00 bits per heavy atom. The SMILES string of the molecule is C#Cc1ccc(C#C)c(C=O)c1. The van der Waals surface area contributed by atoms with Crippen LogP contribution in [0.15, 0.2) is 18.2 Å². The standard InChI is InChI=1S/C11H6O/c1-3-9-5-6-10(4-2)11(7-9)8-12/h1-2,5-8H. The highest BCUT2D eigenvalue weighted by molar-refractivity contribution is 5.80. The zero-order chi connectivity index (χ0) is 8.97. The molecule has 0 fully saturated rings. The first-order valence-electron chi connectivity index (χ1n) is 3.34. The Kier molecular flexibility index (Phi) is 2.31. The molecule has 1 aromatic rings. The van der Waals surface area contributed by atoms with E-state index in [1.807, 2.05) is 0 Å². The highest BCUT2D eigenvalue weighted by atomic mass is 16.1. The van der Waals surface area contributed by atoms with Crippen molar-refractivity contribution in [3.05, 3.63) is 34.9 Å². The van der Waals surface area contributed by atoms with Crippen molar-refractivity contribution in [1.29, 1.82) is 0 Å². The molecule has 0 saturated heterocycles. The average Bonchev–Trinajstić information content (AvgIpc) is 2.16. The third-order valence-electron chi connectivity index (χ3n) is 1.50. The second-order valence-corrected chi connectivity index (χ2v) is 2.21. The van der Waals surface area contributed by atoms with Crippen LogP contribution < -0.4 is 0 Å². The lowest BCUT2D eigenvalue weighted by Gasteiger charge is -1.96. The van der Waals surface area contributed by atoms with Gasteiger partial charge in [-0.25, -0.2) is 0 Å². The predicted octanol–water partition coefficient (Wildman–Crippen LogP) is 1.46. The van der Waals surface area contributed by atoms with Crippen molar-refractivity contribution >= 4 is 6.29 Å². The Balaban J connectivity index is 3.34. The van der Waals surface area contributed by atoms with E-state index in [2.05, 4.69) is 11.8 Å². The van der Waals surface area contributed by atoms with E-state index in [1.165, 1.54) is 0 Å². The molecule has 0 radical (unpaired) electrons. The van der Waals surface area contributed by atoms with E-state index < -0.39 is 0 Å². The number of benzene rings is 1. The second-order valence-electron chi connectivity index (χ2n) is 2.21. The number of carbonyl (C=O) groups is 1. The summed E-state index contributed by atoms with van der Waals surface area (Å²) < 4.78 is 0. The van der Waals surface area contributed by atoms with E-state index in [9.17, 15) is 4.79 Å². The van der Waals surface area contributed by atoms with Gasteiger partial charge in [-0.2, -0.15) is 0 Å². The molecule has 1 nitrogen and oxygen atoms in total. The number of aldehydes is 1. The van der Waals surface area contributed by atoms with Crippen LogP contribution in [0.3, 0.4) is 0 Å². The van der Waals surface area contributed by atoms with Gasteiger partial charge >= 0.3 is 0 Å². The molecule has 56 valence electrons. The lowest BCUT2D eigenvalue weighted by Crippen LogP contribution is -1.88. The molecular weight excluding hydrogens is 148 g/mol. The Labute approximate surface area is 71.4 Å². The van der Waals surface area contributed by atoms with Gasteiger partial charge in [-0.05, 0) is 18.2 Å². The minimum absolute atomic E-state index is 0.466. The van der Waals surface area contributed by atoms with Crippen LogP contribution in [0.1, 0.15) is 21.5 Å². The molecule has 12 heavy (non-hydrogen) atoms. The molecule has 0 saturated carbocycles. The first-order valence-corrected chi connectivity index (χ1v) is 3.34. The Hall–Kier alpha value is -1.99. The smallest absolute Gasteiger partial charge is 0.151 e. The van der Waals surface area contributed by atoms with Gasteiger partial charge in [-0.3, -0.25) is 4.79 Å². The van der Waals surface area contributed by atoms with Crippen molar-refractivity contribution < 1.29 is 4.79 Å². The third kappa shape index (κ3) is 1.36. The van der Waals surface area contributed by atoms with Crippen molar-refractivity contribution in [2.45, 2.75) is 0 Å². The zero-order valence-corrected chi connectivity index (χ0v) is 6.37. The van der Waals surface area contributed by atoms with Crippen molar-refractivity contribution in [2.75, 3.05) is 0 Å². The van der Waals surface area contributed by atoms with Gasteiger partial charge in [-0.1, -0.05) is 11.8 Å². The minimum Gasteiger partial charge on any atom is -0.298 e. The summed E-state index contributed by atoms with van der Waals surface area (Å²) in [6.07, 6.45) is 11.0. The van der Waals surface area contributed by atoms with Gasteiger partial charge in [0.25, 0.3) is 0 Å². The van der Waals surface area contributed by atoms with Gasteiger partial charge in [-0.15, -0.1) is 12.8 Å². The Morgan fingerprint density at radius 3 is 2.50 bits per heavy atom. The van der Waals surface area contributed by atoms with Crippen LogP contribution in [0.2, 0.25) is 0 Å². The molecule has 0 amide bonds. The number of carbonyl (C=O) groups excluding carboxylic acids is 1. The van der Waals surface area contributed by atoms with E-state index in [4.69, 9.17) is 12.8 Å². The van der Waals surface area contributed by atoms with Crippen LogP contribution in [-0.4, -0.2) is 6.29 Å². The molecule has 0 aliphatic heterocycles. The molecule has 1 heteroatoms. The van der Waals surface area contributed by atoms with Gasteiger partial charge in [0.05, 0.1) is 0 Å². The molecule has 0 N–H and O–H groups in total. The van der Waals surface area contributed by atoms with Crippen LogP contribution in [-0.2, 0) is 0 Å². The highest BCUT2D eigenvalue weighted by Crippen LogP contribution is 2.07. The van der Waals surface area contributed by atoms with Crippen molar-refractivity contribution in [1.82, 2.24) is 0 Å².